The number of ether oxygens (including phenoxy) is 2. The van der Waals surface area contributed by atoms with Crippen molar-refractivity contribution in [1.29, 1.82) is 0 Å². The van der Waals surface area contributed by atoms with E-state index in [1.165, 1.54) is 66.1 Å². The minimum absolute atomic E-state index is 0.0513. The molecule has 1 saturated carbocycles. The highest BCUT2D eigenvalue weighted by Gasteiger charge is 2.31. The van der Waals surface area contributed by atoms with Gasteiger partial charge in [0.2, 0.25) is 0 Å². The topological polar surface area (TPSA) is 105 Å². The van der Waals surface area contributed by atoms with Crippen LogP contribution < -0.4 is 19.7 Å². The molecular formula is C31H31F3N2O6. The van der Waals surface area contributed by atoms with E-state index < -0.39 is 30.1 Å². The number of alkyl halides is 3. The highest BCUT2D eigenvalue weighted by Crippen LogP contribution is 2.33. The van der Waals surface area contributed by atoms with Crippen LogP contribution in [0.25, 0.3) is 0 Å². The molecule has 11 heteroatoms. The highest BCUT2D eigenvalue weighted by atomic mass is 19.4. The predicted octanol–water partition coefficient (Wildman–Crippen LogP) is 7.04. The maximum Gasteiger partial charge on any atom is 0.573 e. The van der Waals surface area contributed by atoms with E-state index in [2.05, 4.69) is 10.1 Å². The monoisotopic (exact) mass is 584 g/mol. The van der Waals surface area contributed by atoms with E-state index in [0.29, 0.717) is 22.9 Å². The van der Waals surface area contributed by atoms with Crippen LogP contribution in [0.4, 0.5) is 23.7 Å². The van der Waals surface area contributed by atoms with Gasteiger partial charge in [-0.15, -0.1) is 13.2 Å². The summed E-state index contributed by atoms with van der Waals surface area (Å²) in [5.41, 5.74) is 2.08. The number of hydrogen-bond donors (Lipinski definition) is 2. The number of benzene rings is 3. The van der Waals surface area contributed by atoms with Gasteiger partial charge in [0.1, 0.15) is 11.5 Å². The third-order valence-corrected chi connectivity index (χ3v) is 6.92. The summed E-state index contributed by atoms with van der Waals surface area (Å²) in [6.07, 6.45) is -0.0210. The van der Waals surface area contributed by atoms with Gasteiger partial charge >= 0.3 is 18.4 Å². The molecule has 2 N–H and O–H groups in total. The van der Waals surface area contributed by atoms with Crippen molar-refractivity contribution < 1.29 is 42.1 Å². The van der Waals surface area contributed by atoms with Crippen LogP contribution in [0.5, 0.6) is 11.5 Å². The SMILES string of the molecule is O=C(O)CCNC(=O)c1ccc(N(Cc2cccc(OC(F)(F)F)c2)C(=O)Oc2ccc(C3CCCCC3)cc2)cc1. The number of halogens is 3. The van der Waals surface area contributed by atoms with Crippen molar-refractivity contribution in [3.63, 3.8) is 0 Å². The number of carboxylic acids is 1. The molecule has 2 amide bonds. The number of nitrogens with zero attached hydrogens (tertiary/aromatic N) is 1. The van der Waals surface area contributed by atoms with Gasteiger partial charge < -0.3 is 19.9 Å². The van der Waals surface area contributed by atoms with E-state index in [1.807, 2.05) is 12.1 Å². The van der Waals surface area contributed by atoms with Crippen LogP contribution in [0.15, 0.2) is 72.8 Å². The standard InChI is InChI=1S/C31H31F3N2O6/c32-31(33,34)42-27-8-4-5-21(19-27)20-36(25-13-9-24(10-14-25)29(39)35-18-17-28(37)38)30(40)41-26-15-11-23(12-16-26)22-6-2-1-3-7-22/h4-5,8-16,19,22H,1-3,6-7,17-18,20H2,(H,35,39)(H,37,38). The van der Waals surface area contributed by atoms with E-state index in [9.17, 15) is 27.6 Å². The Balaban J connectivity index is 1.53. The molecule has 4 rings (SSSR count). The minimum atomic E-state index is -4.87. The molecular weight excluding hydrogens is 553 g/mol. The summed E-state index contributed by atoms with van der Waals surface area (Å²) in [5, 5.41) is 11.3. The normalized spacial score (nSPS) is 13.7. The Bertz CT molecular complexity index is 1370. The zero-order chi connectivity index (χ0) is 30.1. The lowest BCUT2D eigenvalue weighted by atomic mass is 9.84. The van der Waals surface area contributed by atoms with E-state index >= 15 is 0 Å². The Morgan fingerprint density at radius 3 is 2.24 bits per heavy atom. The van der Waals surface area contributed by atoms with E-state index in [-0.39, 0.29) is 25.1 Å². The van der Waals surface area contributed by atoms with Gasteiger partial charge in [-0.3, -0.25) is 14.5 Å². The van der Waals surface area contributed by atoms with E-state index in [4.69, 9.17) is 9.84 Å². The van der Waals surface area contributed by atoms with Crippen LogP contribution in [0.2, 0.25) is 0 Å². The fourth-order valence-corrected chi connectivity index (χ4v) is 4.86. The zero-order valence-electron chi connectivity index (χ0n) is 22.7. The Hall–Kier alpha value is -4.54. The first-order valence-corrected chi connectivity index (χ1v) is 13.6. The van der Waals surface area contributed by atoms with Crippen LogP contribution in [-0.4, -0.2) is 36.0 Å². The molecule has 0 saturated heterocycles. The number of nitrogens with one attached hydrogen (secondary N) is 1. The quantitative estimate of drug-likeness (QED) is 0.265. The smallest absolute Gasteiger partial charge is 0.481 e. The third-order valence-electron chi connectivity index (χ3n) is 6.92. The number of hydrogen-bond acceptors (Lipinski definition) is 5. The molecule has 0 aromatic heterocycles. The molecule has 1 aliphatic rings. The number of aliphatic carboxylic acids is 1. The highest BCUT2D eigenvalue weighted by molar-refractivity contribution is 5.95. The van der Waals surface area contributed by atoms with Crippen molar-refractivity contribution >= 4 is 23.7 Å². The number of rotatable bonds is 10. The summed E-state index contributed by atoms with van der Waals surface area (Å²) >= 11 is 0. The van der Waals surface area contributed by atoms with Crippen LogP contribution >= 0.6 is 0 Å². The number of carbonyl (C=O) groups excluding carboxylic acids is 2. The van der Waals surface area contributed by atoms with E-state index in [1.54, 1.807) is 18.2 Å². The van der Waals surface area contributed by atoms with Gasteiger partial charge in [-0.25, -0.2) is 4.79 Å². The second kappa shape index (κ2) is 13.9. The molecule has 3 aromatic rings. The van der Waals surface area contributed by atoms with Crippen molar-refractivity contribution in [3.05, 3.63) is 89.5 Å². The molecule has 1 fully saturated rings. The summed E-state index contributed by atoms with van der Waals surface area (Å²) in [4.78, 5) is 37.7. The van der Waals surface area contributed by atoms with Gasteiger partial charge in [0.25, 0.3) is 5.91 Å². The molecule has 8 nitrogen and oxygen atoms in total. The van der Waals surface area contributed by atoms with Gasteiger partial charge in [-0.1, -0.05) is 43.5 Å². The first-order chi connectivity index (χ1) is 20.1. The largest absolute Gasteiger partial charge is 0.573 e. The number of carbonyl (C=O) groups is 3. The van der Waals surface area contributed by atoms with Crippen molar-refractivity contribution in [1.82, 2.24) is 5.32 Å². The lowest BCUT2D eigenvalue weighted by molar-refractivity contribution is -0.274. The summed E-state index contributed by atoms with van der Waals surface area (Å²) in [5.74, 6) is -1.18. The molecule has 42 heavy (non-hydrogen) atoms. The van der Waals surface area contributed by atoms with Gasteiger partial charge in [0.05, 0.1) is 13.0 Å². The average Bonchev–Trinajstić information content (AvgIpc) is 2.96. The molecule has 0 heterocycles. The van der Waals surface area contributed by atoms with Crippen molar-refractivity contribution in [3.8, 4) is 11.5 Å². The van der Waals surface area contributed by atoms with Crippen molar-refractivity contribution in [2.75, 3.05) is 11.4 Å². The minimum Gasteiger partial charge on any atom is -0.481 e. The molecule has 1 aliphatic carbocycles. The summed E-state index contributed by atoms with van der Waals surface area (Å²) in [7, 11) is 0. The molecule has 0 bridgehead atoms. The average molecular weight is 585 g/mol. The Labute approximate surface area is 241 Å². The van der Waals surface area contributed by atoms with Crippen LogP contribution in [0.3, 0.4) is 0 Å². The Kier molecular flexibility index (Phi) is 10.1. The summed E-state index contributed by atoms with van der Waals surface area (Å²) in [6.45, 7) is -0.206. The Morgan fingerprint density at radius 2 is 1.60 bits per heavy atom. The lowest BCUT2D eigenvalue weighted by Gasteiger charge is -2.24. The molecule has 0 radical (unpaired) electrons. The predicted molar refractivity (Wildman–Crippen MR) is 149 cm³/mol. The van der Waals surface area contributed by atoms with Crippen molar-refractivity contribution in [2.24, 2.45) is 0 Å². The summed E-state index contributed by atoms with van der Waals surface area (Å²) in [6, 6.07) is 18.5. The maximum absolute atomic E-state index is 13.4. The van der Waals surface area contributed by atoms with Gasteiger partial charge in [0, 0.05) is 17.8 Å². The van der Waals surface area contributed by atoms with E-state index in [0.717, 1.165) is 18.9 Å². The number of amides is 2. The second-order valence-corrected chi connectivity index (χ2v) is 10.00. The molecule has 222 valence electrons. The van der Waals surface area contributed by atoms with Crippen LogP contribution in [0.1, 0.15) is 65.9 Å². The maximum atomic E-state index is 13.4. The first kappa shape index (κ1) is 30.4. The number of carboxylic acid groups (broad SMARTS) is 1. The lowest BCUT2D eigenvalue weighted by Crippen LogP contribution is -2.33. The Morgan fingerprint density at radius 1 is 0.905 bits per heavy atom. The van der Waals surface area contributed by atoms with Crippen LogP contribution in [0, 0.1) is 0 Å². The van der Waals surface area contributed by atoms with Gasteiger partial charge in [-0.2, -0.15) is 0 Å². The fraction of sp³-hybridized carbons (Fsp3) is 0.323. The first-order valence-electron chi connectivity index (χ1n) is 13.6. The molecule has 0 unspecified atom stereocenters. The zero-order valence-corrected chi connectivity index (χ0v) is 22.7. The third kappa shape index (κ3) is 8.98. The molecule has 0 atom stereocenters. The summed E-state index contributed by atoms with van der Waals surface area (Å²) < 4.78 is 48.0. The number of anilines is 1. The molecule has 3 aromatic carbocycles. The van der Waals surface area contributed by atoms with Gasteiger partial charge in [-0.05, 0) is 78.4 Å². The van der Waals surface area contributed by atoms with Gasteiger partial charge in [0.15, 0.2) is 0 Å². The fourth-order valence-electron chi connectivity index (χ4n) is 4.86. The van der Waals surface area contributed by atoms with Crippen molar-refractivity contribution in [2.45, 2.75) is 57.3 Å². The van der Waals surface area contributed by atoms with Crippen LogP contribution in [-0.2, 0) is 11.3 Å². The molecule has 0 spiro atoms. The second-order valence-electron chi connectivity index (χ2n) is 10.00. The molecule has 0 aliphatic heterocycles.